The normalized spacial score (nSPS) is 16.7. The molecule has 1 aromatic rings. The van der Waals surface area contributed by atoms with E-state index in [4.69, 9.17) is 15.2 Å². The van der Waals surface area contributed by atoms with Crippen molar-refractivity contribution in [3.63, 3.8) is 0 Å². The van der Waals surface area contributed by atoms with Crippen LogP contribution in [-0.4, -0.2) is 36.8 Å². The fourth-order valence-corrected chi connectivity index (χ4v) is 2.56. The van der Waals surface area contributed by atoms with Gasteiger partial charge in [-0.05, 0) is 44.2 Å². The van der Waals surface area contributed by atoms with E-state index in [2.05, 4.69) is 15.3 Å². The Labute approximate surface area is 155 Å². The summed E-state index contributed by atoms with van der Waals surface area (Å²) in [5.74, 6) is 1.10. The van der Waals surface area contributed by atoms with E-state index >= 15 is 0 Å². The topological polar surface area (TPSA) is 81.8 Å². The highest BCUT2D eigenvalue weighted by atomic mass is 127. The molecule has 0 aliphatic heterocycles. The molecule has 1 heterocycles. The number of rotatable bonds is 7. The standard InChI is InChI=1S/C16H26N4O2.HI/c1-12(11-21-2)20-16(17)19-10-13-7-8-18-15(9-13)22-14-5-3-4-6-14;/h7-9,12,14H,3-6,10-11H2,1-2H3,(H3,17,19,20);1H. The summed E-state index contributed by atoms with van der Waals surface area (Å²) in [6.07, 6.45) is 6.81. The number of hydrogen-bond acceptors (Lipinski definition) is 4. The smallest absolute Gasteiger partial charge is 0.213 e. The van der Waals surface area contributed by atoms with Crippen LogP contribution in [0.3, 0.4) is 0 Å². The van der Waals surface area contributed by atoms with Gasteiger partial charge in [0, 0.05) is 25.4 Å². The Morgan fingerprint density at radius 3 is 2.91 bits per heavy atom. The Bertz CT molecular complexity index is 493. The quantitative estimate of drug-likeness (QED) is 0.392. The van der Waals surface area contributed by atoms with Crippen molar-refractivity contribution in [1.29, 1.82) is 0 Å². The van der Waals surface area contributed by atoms with Crippen molar-refractivity contribution in [2.45, 2.75) is 51.3 Å². The predicted octanol–water partition coefficient (Wildman–Crippen LogP) is 2.46. The summed E-state index contributed by atoms with van der Waals surface area (Å²) in [6.45, 7) is 3.08. The molecule has 1 aromatic heterocycles. The lowest BCUT2D eigenvalue weighted by atomic mass is 10.2. The third-order valence-corrected chi connectivity index (χ3v) is 3.63. The van der Waals surface area contributed by atoms with Crippen LogP contribution < -0.4 is 15.8 Å². The number of nitrogens with zero attached hydrogens (tertiary/aromatic N) is 2. The van der Waals surface area contributed by atoms with Gasteiger partial charge in [0.1, 0.15) is 6.10 Å². The van der Waals surface area contributed by atoms with Gasteiger partial charge < -0.3 is 20.5 Å². The number of pyridine rings is 1. The lowest BCUT2D eigenvalue weighted by molar-refractivity contribution is 0.179. The number of halogens is 1. The van der Waals surface area contributed by atoms with Gasteiger partial charge in [-0.3, -0.25) is 0 Å². The molecule has 7 heteroatoms. The summed E-state index contributed by atoms with van der Waals surface area (Å²) in [6, 6.07) is 4.00. The molecule has 1 unspecified atom stereocenters. The highest BCUT2D eigenvalue weighted by Crippen LogP contribution is 2.23. The van der Waals surface area contributed by atoms with Gasteiger partial charge in [-0.15, -0.1) is 24.0 Å². The maximum atomic E-state index is 5.90. The van der Waals surface area contributed by atoms with E-state index in [-0.39, 0.29) is 30.0 Å². The zero-order valence-electron chi connectivity index (χ0n) is 13.8. The number of ether oxygens (including phenoxy) is 2. The molecule has 23 heavy (non-hydrogen) atoms. The van der Waals surface area contributed by atoms with Gasteiger partial charge in [0.2, 0.25) is 5.88 Å². The Morgan fingerprint density at radius 2 is 2.22 bits per heavy atom. The van der Waals surface area contributed by atoms with Crippen LogP contribution in [0, 0.1) is 0 Å². The lowest BCUT2D eigenvalue weighted by Gasteiger charge is -2.13. The molecule has 0 spiro atoms. The molecule has 1 fully saturated rings. The van der Waals surface area contributed by atoms with Gasteiger partial charge >= 0.3 is 0 Å². The molecule has 0 amide bonds. The second-order valence-electron chi connectivity index (χ2n) is 5.73. The monoisotopic (exact) mass is 434 g/mol. The minimum absolute atomic E-state index is 0. The third-order valence-electron chi connectivity index (χ3n) is 3.63. The van der Waals surface area contributed by atoms with Gasteiger partial charge in [-0.25, -0.2) is 9.98 Å². The predicted molar refractivity (Wildman–Crippen MR) is 102 cm³/mol. The van der Waals surface area contributed by atoms with Crippen molar-refractivity contribution in [3.05, 3.63) is 23.9 Å². The fraction of sp³-hybridized carbons (Fsp3) is 0.625. The Kier molecular flexibility index (Phi) is 9.23. The average molecular weight is 434 g/mol. The van der Waals surface area contributed by atoms with Crippen molar-refractivity contribution in [2.24, 2.45) is 10.7 Å². The van der Waals surface area contributed by atoms with Crippen LogP contribution in [0.4, 0.5) is 0 Å². The summed E-state index contributed by atoms with van der Waals surface area (Å²) in [5, 5.41) is 3.08. The molecular formula is C16H27IN4O2. The van der Waals surface area contributed by atoms with Crippen LogP contribution in [0.25, 0.3) is 0 Å². The molecule has 3 N–H and O–H groups in total. The summed E-state index contributed by atoms with van der Waals surface area (Å²) in [5.41, 5.74) is 6.89. The zero-order chi connectivity index (χ0) is 15.8. The zero-order valence-corrected chi connectivity index (χ0v) is 16.2. The van der Waals surface area contributed by atoms with Gasteiger partial charge in [0.25, 0.3) is 0 Å². The van der Waals surface area contributed by atoms with Crippen molar-refractivity contribution < 1.29 is 9.47 Å². The van der Waals surface area contributed by atoms with Crippen molar-refractivity contribution in [2.75, 3.05) is 13.7 Å². The van der Waals surface area contributed by atoms with Gasteiger partial charge in [-0.1, -0.05) is 0 Å². The molecule has 0 aromatic carbocycles. The van der Waals surface area contributed by atoms with E-state index in [0.29, 0.717) is 31.1 Å². The fourth-order valence-electron chi connectivity index (χ4n) is 2.56. The minimum atomic E-state index is 0. The molecule has 130 valence electrons. The summed E-state index contributed by atoms with van der Waals surface area (Å²) in [4.78, 5) is 8.60. The van der Waals surface area contributed by atoms with E-state index in [1.165, 1.54) is 12.8 Å². The number of aromatic nitrogens is 1. The second kappa shape index (κ2) is 10.6. The Hall–Kier alpha value is -1.09. The number of aliphatic imine (C=N–C) groups is 1. The summed E-state index contributed by atoms with van der Waals surface area (Å²) >= 11 is 0. The van der Waals surface area contributed by atoms with Crippen LogP contribution in [0.15, 0.2) is 23.3 Å². The first kappa shape index (κ1) is 20.0. The lowest BCUT2D eigenvalue weighted by Crippen LogP contribution is -2.40. The first-order valence-electron chi connectivity index (χ1n) is 7.84. The number of nitrogens with one attached hydrogen (secondary N) is 1. The molecular weight excluding hydrogens is 407 g/mol. The van der Waals surface area contributed by atoms with E-state index in [9.17, 15) is 0 Å². The van der Waals surface area contributed by atoms with Gasteiger partial charge in [0.05, 0.1) is 13.2 Å². The highest BCUT2D eigenvalue weighted by molar-refractivity contribution is 14.0. The van der Waals surface area contributed by atoms with Crippen LogP contribution >= 0.6 is 24.0 Å². The van der Waals surface area contributed by atoms with Crippen LogP contribution in [-0.2, 0) is 11.3 Å². The summed E-state index contributed by atoms with van der Waals surface area (Å²) in [7, 11) is 1.66. The third kappa shape index (κ3) is 7.34. The van der Waals surface area contributed by atoms with Gasteiger partial charge in [-0.2, -0.15) is 0 Å². The van der Waals surface area contributed by atoms with E-state index in [1.807, 2.05) is 19.1 Å². The Morgan fingerprint density at radius 1 is 1.48 bits per heavy atom. The molecule has 1 aliphatic carbocycles. The van der Waals surface area contributed by atoms with E-state index in [1.54, 1.807) is 13.3 Å². The largest absolute Gasteiger partial charge is 0.474 e. The minimum Gasteiger partial charge on any atom is -0.474 e. The average Bonchev–Trinajstić information content (AvgIpc) is 2.99. The van der Waals surface area contributed by atoms with Crippen LogP contribution in [0.2, 0.25) is 0 Å². The number of nitrogens with two attached hydrogens (primary N) is 1. The van der Waals surface area contributed by atoms with Crippen LogP contribution in [0.1, 0.15) is 38.2 Å². The Balaban J connectivity index is 0.00000264. The molecule has 2 rings (SSSR count). The van der Waals surface area contributed by atoms with E-state index < -0.39 is 0 Å². The maximum Gasteiger partial charge on any atom is 0.213 e. The van der Waals surface area contributed by atoms with Crippen LogP contribution in [0.5, 0.6) is 5.88 Å². The molecule has 1 atom stereocenters. The van der Waals surface area contributed by atoms with Crippen molar-refractivity contribution >= 4 is 29.9 Å². The summed E-state index contributed by atoms with van der Waals surface area (Å²) < 4.78 is 10.9. The van der Waals surface area contributed by atoms with Crippen molar-refractivity contribution in [3.8, 4) is 5.88 Å². The second-order valence-corrected chi connectivity index (χ2v) is 5.73. The number of methoxy groups -OCH3 is 1. The molecule has 1 saturated carbocycles. The first-order valence-corrected chi connectivity index (χ1v) is 7.84. The maximum absolute atomic E-state index is 5.90. The first-order chi connectivity index (χ1) is 10.7. The molecule has 6 nitrogen and oxygen atoms in total. The SMILES string of the molecule is COCC(C)NC(N)=NCc1ccnc(OC2CCCC2)c1.I. The number of guanidine groups is 1. The molecule has 0 saturated heterocycles. The highest BCUT2D eigenvalue weighted by Gasteiger charge is 2.16. The van der Waals surface area contributed by atoms with E-state index in [0.717, 1.165) is 18.4 Å². The number of hydrogen-bond donors (Lipinski definition) is 2. The molecule has 0 bridgehead atoms. The molecule has 0 radical (unpaired) electrons. The van der Waals surface area contributed by atoms with Gasteiger partial charge in [0.15, 0.2) is 5.96 Å². The molecule has 1 aliphatic rings. The van der Waals surface area contributed by atoms with Crippen molar-refractivity contribution in [1.82, 2.24) is 10.3 Å².